The van der Waals surface area contributed by atoms with Crippen LogP contribution in [0.4, 0.5) is 18.9 Å². The summed E-state index contributed by atoms with van der Waals surface area (Å²) >= 11 is 0. The summed E-state index contributed by atoms with van der Waals surface area (Å²) in [5.41, 5.74) is -0.526. The topological polar surface area (TPSA) is 70.4 Å². The standard InChI is InChI=1S/C14H21F3N4O2/c1-9-12(10(2)20(3)19-9)18-11(22)8-21-6-4-13(23,5-7-21)14(15,16)17/h23H,4-8H2,1-3H3,(H,18,22). The van der Waals surface area contributed by atoms with E-state index in [4.69, 9.17) is 0 Å². The number of carbonyl (C=O) groups excluding carboxylic acids is 1. The summed E-state index contributed by atoms with van der Waals surface area (Å²) in [4.78, 5) is 13.7. The third-order valence-corrected chi connectivity index (χ3v) is 4.35. The number of aliphatic hydroxyl groups is 1. The smallest absolute Gasteiger partial charge is 0.380 e. The Morgan fingerprint density at radius 3 is 2.35 bits per heavy atom. The minimum absolute atomic E-state index is 0.0122. The molecule has 0 aliphatic carbocycles. The van der Waals surface area contributed by atoms with Gasteiger partial charge >= 0.3 is 6.18 Å². The molecule has 1 aliphatic heterocycles. The number of alkyl halides is 3. The fourth-order valence-corrected chi connectivity index (χ4v) is 2.70. The van der Waals surface area contributed by atoms with Crippen LogP contribution < -0.4 is 5.32 Å². The van der Waals surface area contributed by atoms with E-state index in [1.165, 1.54) is 0 Å². The van der Waals surface area contributed by atoms with Crippen molar-refractivity contribution in [2.75, 3.05) is 25.0 Å². The van der Waals surface area contributed by atoms with E-state index in [1.54, 1.807) is 23.6 Å². The minimum Gasteiger partial charge on any atom is -0.380 e. The lowest BCUT2D eigenvalue weighted by molar-refractivity contribution is -0.272. The van der Waals surface area contributed by atoms with Gasteiger partial charge in [-0.3, -0.25) is 14.4 Å². The molecule has 1 aliphatic rings. The number of carbonyl (C=O) groups is 1. The summed E-state index contributed by atoms with van der Waals surface area (Å²) in [6, 6.07) is 0. The first-order chi connectivity index (χ1) is 10.5. The van der Waals surface area contributed by atoms with E-state index in [-0.39, 0.29) is 25.5 Å². The minimum atomic E-state index is -4.63. The molecule has 2 rings (SSSR count). The molecular weight excluding hydrogens is 313 g/mol. The zero-order valence-electron chi connectivity index (χ0n) is 13.4. The van der Waals surface area contributed by atoms with Crippen molar-refractivity contribution in [2.24, 2.45) is 7.05 Å². The quantitative estimate of drug-likeness (QED) is 0.876. The Hall–Kier alpha value is -1.61. The van der Waals surface area contributed by atoms with Crippen molar-refractivity contribution in [3.05, 3.63) is 11.4 Å². The second-order valence-corrected chi connectivity index (χ2v) is 6.02. The second kappa shape index (κ2) is 6.12. The number of hydrogen-bond acceptors (Lipinski definition) is 4. The molecule has 1 amide bonds. The van der Waals surface area contributed by atoms with Crippen LogP contribution in [0.25, 0.3) is 0 Å². The maximum atomic E-state index is 12.7. The van der Waals surface area contributed by atoms with Crippen LogP contribution in [0.3, 0.4) is 0 Å². The average molecular weight is 334 g/mol. The normalized spacial score (nSPS) is 18.9. The van der Waals surface area contributed by atoms with E-state index in [9.17, 15) is 23.1 Å². The highest BCUT2D eigenvalue weighted by Crippen LogP contribution is 2.38. The highest BCUT2D eigenvalue weighted by atomic mass is 19.4. The molecule has 0 atom stereocenters. The van der Waals surface area contributed by atoms with Crippen molar-refractivity contribution < 1.29 is 23.1 Å². The third kappa shape index (κ3) is 3.66. The number of aromatic nitrogens is 2. The Bertz CT molecular complexity index is 590. The summed E-state index contributed by atoms with van der Waals surface area (Å²) in [6.07, 6.45) is -5.48. The van der Waals surface area contributed by atoms with Gasteiger partial charge in [0, 0.05) is 20.1 Å². The van der Waals surface area contributed by atoms with Gasteiger partial charge in [-0.05, 0) is 26.7 Å². The number of likely N-dealkylation sites (tertiary alicyclic amines) is 1. The van der Waals surface area contributed by atoms with Crippen LogP contribution in [0.15, 0.2) is 0 Å². The monoisotopic (exact) mass is 334 g/mol. The number of hydrogen-bond donors (Lipinski definition) is 2. The Kier molecular flexibility index (Phi) is 4.72. The number of aryl methyl sites for hydroxylation is 2. The third-order valence-electron chi connectivity index (χ3n) is 4.35. The zero-order valence-corrected chi connectivity index (χ0v) is 13.4. The summed E-state index contributed by atoms with van der Waals surface area (Å²) in [6.45, 7) is 3.62. The lowest BCUT2D eigenvalue weighted by atomic mass is 9.91. The summed E-state index contributed by atoms with van der Waals surface area (Å²) in [5, 5.41) is 16.5. The molecule has 9 heteroatoms. The number of rotatable bonds is 3. The molecule has 2 N–H and O–H groups in total. The molecule has 0 radical (unpaired) electrons. The molecular formula is C14H21F3N4O2. The summed E-state index contributed by atoms with van der Waals surface area (Å²) in [5.74, 6) is -0.304. The fourth-order valence-electron chi connectivity index (χ4n) is 2.70. The molecule has 23 heavy (non-hydrogen) atoms. The Morgan fingerprint density at radius 2 is 1.91 bits per heavy atom. The summed E-state index contributed by atoms with van der Waals surface area (Å²) in [7, 11) is 1.76. The van der Waals surface area contributed by atoms with Crippen LogP contribution >= 0.6 is 0 Å². The fraction of sp³-hybridized carbons (Fsp3) is 0.714. The van der Waals surface area contributed by atoms with Crippen LogP contribution in [0, 0.1) is 13.8 Å². The Labute approximate surface area is 132 Å². The molecule has 1 aromatic rings. The van der Waals surface area contributed by atoms with E-state index in [1.807, 2.05) is 6.92 Å². The number of amides is 1. The van der Waals surface area contributed by atoms with Gasteiger partial charge in [0.05, 0.1) is 23.6 Å². The van der Waals surface area contributed by atoms with Gasteiger partial charge in [-0.1, -0.05) is 0 Å². The van der Waals surface area contributed by atoms with Crippen molar-refractivity contribution in [3.8, 4) is 0 Å². The average Bonchev–Trinajstić information content (AvgIpc) is 2.67. The molecule has 0 unspecified atom stereocenters. The maximum absolute atomic E-state index is 12.7. The van der Waals surface area contributed by atoms with Gasteiger partial charge in [0.1, 0.15) is 0 Å². The Morgan fingerprint density at radius 1 is 1.35 bits per heavy atom. The van der Waals surface area contributed by atoms with Crippen molar-refractivity contribution >= 4 is 11.6 Å². The molecule has 0 aromatic carbocycles. The molecule has 0 saturated carbocycles. The van der Waals surface area contributed by atoms with Gasteiger partial charge in [-0.2, -0.15) is 18.3 Å². The molecule has 0 bridgehead atoms. The van der Waals surface area contributed by atoms with Gasteiger partial charge < -0.3 is 10.4 Å². The van der Waals surface area contributed by atoms with Crippen LogP contribution in [0.1, 0.15) is 24.2 Å². The zero-order chi connectivity index (χ0) is 17.4. The number of nitrogens with one attached hydrogen (secondary N) is 1. The van der Waals surface area contributed by atoms with Crippen molar-refractivity contribution in [2.45, 2.75) is 38.5 Å². The van der Waals surface area contributed by atoms with E-state index in [0.29, 0.717) is 11.4 Å². The van der Waals surface area contributed by atoms with Crippen LogP contribution in [-0.4, -0.2) is 57.1 Å². The SMILES string of the molecule is Cc1nn(C)c(C)c1NC(=O)CN1CCC(O)(C(F)(F)F)CC1. The van der Waals surface area contributed by atoms with Crippen molar-refractivity contribution in [1.82, 2.24) is 14.7 Å². The van der Waals surface area contributed by atoms with Gasteiger partial charge in [-0.25, -0.2) is 0 Å². The lowest BCUT2D eigenvalue weighted by Gasteiger charge is -2.38. The molecule has 130 valence electrons. The molecule has 0 spiro atoms. The maximum Gasteiger partial charge on any atom is 0.417 e. The Balaban J connectivity index is 1.91. The van der Waals surface area contributed by atoms with E-state index >= 15 is 0 Å². The number of piperidine rings is 1. The molecule has 6 nitrogen and oxygen atoms in total. The molecule has 1 aromatic heterocycles. The van der Waals surface area contributed by atoms with Gasteiger partial charge in [0.25, 0.3) is 0 Å². The number of anilines is 1. The summed E-state index contributed by atoms with van der Waals surface area (Å²) < 4.78 is 39.9. The van der Waals surface area contributed by atoms with Crippen LogP contribution in [0.2, 0.25) is 0 Å². The first-order valence-corrected chi connectivity index (χ1v) is 7.35. The van der Waals surface area contributed by atoms with Crippen LogP contribution in [-0.2, 0) is 11.8 Å². The largest absolute Gasteiger partial charge is 0.417 e. The van der Waals surface area contributed by atoms with Gasteiger partial charge in [0.2, 0.25) is 5.91 Å². The van der Waals surface area contributed by atoms with Crippen molar-refractivity contribution in [1.29, 1.82) is 0 Å². The van der Waals surface area contributed by atoms with Gasteiger partial charge in [0.15, 0.2) is 5.60 Å². The van der Waals surface area contributed by atoms with E-state index < -0.39 is 24.6 Å². The van der Waals surface area contributed by atoms with E-state index in [0.717, 1.165) is 5.69 Å². The lowest BCUT2D eigenvalue weighted by Crippen LogP contribution is -2.54. The number of nitrogens with zero attached hydrogens (tertiary/aromatic N) is 3. The molecule has 1 saturated heterocycles. The highest BCUT2D eigenvalue weighted by Gasteiger charge is 2.54. The molecule has 2 heterocycles. The highest BCUT2D eigenvalue weighted by molar-refractivity contribution is 5.93. The predicted octanol–water partition coefficient (Wildman–Crippen LogP) is 1.36. The molecule has 1 fully saturated rings. The van der Waals surface area contributed by atoms with Crippen molar-refractivity contribution in [3.63, 3.8) is 0 Å². The van der Waals surface area contributed by atoms with E-state index in [2.05, 4.69) is 10.4 Å². The van der Waals surface area contributed by atoms with Gasteiger partial charge in [-0.15, -0.1) is 0 Å². The first-order valence-electron chi connectivity index (χ1n) is 7.35. The first kappa shape index (κ1) is 17.7. The number of halogens is 3. The second-order valence-electron chi connectivity index (χ2n) is 6.02. The van der Waals surface area contributed by atoms with Crippen LogP contribution in [0.5, 0.6) is 0 Å². The predicted molar refractivity (Wildman–Crippen MR) is 78.0 cm³/mol.